The van der Waals surface area contributed by atoms with Gasteiger partial charge in [-0.2, -0.15) is 0 Å². The first-order valence-electron chi connectivity index (χ1n) is 6.87. The van der Waals surface area contributed by atoms with E-state index in [4.69, 9.17) is 4.98 Å². The molecule has 2 radical (unpaired) electrons. The molecule has 2 aromatic carbocycles. The van der Waals surface area contributed by atoms with Gasteiger partial charge in [-0.25, -0.2) is 0 Å². The van der Waals surface area contributed by atoms with E-state index in [1.807, 2.05) is 42.7 Å². The number of aromatic nitrogens is 3. The van der Waals surface area contributed by atoms with Crippen molar-refractivity contribution >= 4 is 38.4 Å². The van der Waals surface area contributed by atoms with E-state index in [1.54, 1.807) is 0 Å². The summed E-state index contributed by atoms with van der Waals surface area (Å²) in [5.74, 6) is 0. The van der Waals surface area contributed by atoms with Crippen LogP contribution in [-0.4, -0.2) is 14.4 Å². The van der Waals surface area contributed by atoms with Crippen molar-refractivity contribution in [3.05, 3.63) is 74.4 Å². The van der Waals surface area contributed by atoms with Gasteiger partial charge < -0.3 is 11.8 Å². The topological polar surface area (TPSA) is 30.2 Å². The molecule has 5 heteroatoms. The quantitative estimate of drug-likeness (QED) is 0.206. The summed E-state index contributed by atoms with van der Waals surface area (Å²) >= 11 is 0. The van der Waals surface area contributed by atoms with Crippen molar-refractivity contribution in [3.63, 3.8) is 0 Å². The molecule has 5 rings (SSSR count). The van der Waals surface area contributed by atoms with Crippen LogP contribution in [0.25, 0.3) is 38.4 Å². The molecule has 0 spiro atoms. The van der Waals surface area contributed by atoms with E-state index in [-0.39, 0.29) is 60.2 Å². The van der Waals surface area contributed by atoms with Gasteiger partial charge in [0.2, 0.25) is 0 Å². The van der Waals surface area contributed by atoms with E-state index in [0.29, 0.717) is 0 Å². The standard InChI is InChI=1S/C18H10N3.CH3.Ir.Y/c1-2-6-14-12(5-1)13-9-10-19-11-17(13)21-16-8-4-3-7-15(16)20-18(14)21;;;/h1-5,7-11H;1H3;;/q2*-1;;. The second kappa shape index (κ2) is 7.37. The van der Waals surface area contributed by atoms with E-state index in [2.05, 4.69) is 33.7 Å². The Bertz CT molecular complexity index is 1150. The molecule has 3 aromatic heterocycles. The Balaban J connectivity index is 0.000000694. The third-order valence-corrected chi connectivity index (χ3v) is 3.97. The molecular formula is C19H13IrN3Y-2. The molecule has 0 amide bonds. The first-order chi connectivity index (χ1) is 10.4. The molecule has 3 nitrogen and oxygen atoms in total. The van der Waals surface area contributed by atoms with Gasteiger partial charge in [0.1, 0.15) is 0 Å². The molecule has 0 unspecified atom stereocenters. The zero-order chi connectivity index (χ0) is 13.8. The van der Waals surface area contributed by atoms with Gasteiger partial charge >= 0.3 is 0 Å². The minimum absolute atomic E-state index is 0. The molecule has 0 N–H and O–H groups in total. The summed E-state index contributed by atoms with van der Waals surface area (Å²) in [6, 6.07) is 19.7. The van der Waals surface area contributed by atoms with Gasteiger partial charge in [0, 0.05) is 65.2 Å². The van der Waals surface area contributed by atoms with Crippen LogP contribution in [0.3, 0.4) is 0 Å². The van der Waals surface area contributed by atoms with Gasteiger partial charge in [-0.3, -0.25) is 9.97 Å². The Morgan fingerprint density at radius 3 is 2.62 bits per heavy atom. The Labute approximate surface area is 178 Å². The van der Waals surface area contributed by atoms with Crippen molar-refractivity contribution < 1.29 is 52.8 Å². The fourth-order valence-electron chi connectivity index (χ4n) is 3.08. The SMILES string of the molecule is [CH3-].[Ir].[Y].[c-]1cccc2c1c1nc3ccccc3n1c1cnccc21. The minimum atomic E-state index is 0. The Kier molecular flexibility index (Phi) is 5.88. The monoisotopic (exact) mass is 565 g/mol. The second-order valence-electron chi connectivity index (χ2n) is 5.11. The molecule has 118 valence electrons. The average molecular weight is 564 g/mol. The zero-order valence-electron chi connectivity index (χ0n) is 13.0. The van der Waals surface area contributed by atoms with Crippen molar-refractivity contribution in [2.75, 3.05) is 0 Å². The summed E-state index contributed by atoms with van der Waals surface area (Å²) in [6.45, 7) is 0. The van der Waals surface area contributed by atoms with Crippen LogP contribution >= 0.6 is 0 Å². The summed E-state index contributed by atoms with van der Waals surface area (Å²) in [5.41, 5.74) is 4.11. The Morgan fingerprint density at radius 2 is 1.75 bits per heavy atom. The number of pyridine rings is 2. The van der Waals surface area contributed by atoms with Gasteiger partial charge in [-0.15, -0.1) is 29.7 Å². The first-order valence-corrected chi connectivity index (χ1v) is 6.87. The molecule has 0 aliphatic heterocycles. The van der Waals surface area contributed by atoms with Gasteiger partial charge in [-0.05, 0) is 23.6 Å². The molecule has 24 heavy (non-hydrogen) atoms. The number of nitrogens with zero attached hydrogens (tertiary/aromatic N) is 3. The van der Waals surface area contributed by atoms with Crippen LogP contribution in [0.2, 0.25) is 0 Å². The van der Waals surface area contributed by atoms with Crippen LogP contribution in [0.5, 0.6) is 0 Å². The summed E-state index contributed by atoms with van der Waals surface area (Å²) in [4.78, 5) is 9.09. The van der Waals surface area contributed by atoms with Crippen LogP contribution < -0.4 is 0 Å². The molecule has 0 saturated carbocycles. The Morgan fingerprint density at radius 1 is 0.917 bits per heavy atom. The van der Waals surface area contributed by atoms with Crippen LogP contribution in [0, 0.1) is 13.5 Å². The van der Waals surface area contributed by atoms with E-state index in [1.165, 1.54) is 5.39 Å². The van der Waals surface area contributed by atoms with Crippen LogP contribution in [0.15, 0.2) is 60.9 Å². The number of hydrogen-bond donors (Lipinski definition) is 0. The molecule has 3 heterocycles. The predicted molar refractivity (Wildman–Crippen MR) is 90.8 cm³/mol. The maximum Gasteiger partial charge on any atom is 0.0774 e. The van der Waals surface area contributed by atoms with Crippen molar-refractivity contribution in [3.8, 4) is 0 Å². The third-order valence-electron chi connectivity index (χ3n) is 3.97. The van der Waals surface area contributed by atoms with Gasteiger partial charge in [0.15, 0.2) is 0 Å². The molecular weight excluding hydrogens is 551 g/mol. The number of hydrogen-bond acceptors (Lipinski definition) is 2. The summed E-state index contributed by atoms with van der Waals surface area (Å²) in [5, 5.41) is 3.39. The molecule has 0 bridgehead atoms. The van der Waals surface area contributed by atoms with E-state index >= 15 is 0 Å². The van der Waals surface area contributed by atoms with Crippen LogP contribution in [0.4, 0.5) is 0 Å². The fourth-order valence-corrected chi connectivity index (χ4v) is 3.08. The van der Waals surface area contributed by atoms with Crippen molar-refractivity contribution in [2.24, 2.45) is 0 Å². The van der Waals surface area contributed by atoms with E-state index < -0.39 is 0 Å². The maximum absolute atomic E-state index is 4.80. The van der Waals surface area contributed by atoms with Crippen LogP contribution in [-0.2, 0) is 52.8 Å². The first kappa shape index (κ1) is 19.1. The van der Waals surface area contributed by atoms with Crippen molar-refractivity contribution in [1.82, 2.24) is 14.4 Å². The van der Waals surface area contributed by atoms with Gasteiger partial charge in [0.25, 0.3) is 0 Å². The third kappa shape index (κ3) is 2.62. The second-order valence-corrected chi connectivity index (χ2v) is 5.11. The maximum atomic E-state index is 4.80. The fraction of sp³-hybridized carbons (Fsp3) is 0. The number of fused-ring (bicyclic) bond motifs is 8. The summed E-state index contributed by atoms with van der Waals surface area (Å²) in [6.07, 6.45) is 3.74. The smallest absolute Gasteiger partial charge is 0.0774 e. The number of benzene rings is 2. The molecule has 0 aliphatic rings. The molecule has 0 atom stereocenters. The summed E-state index contributed by atoms with van der Waals surface area (Å²) < 4.78 is 2.18. The van der Waals surface area contributed by atoms with Gasteiger partial charge in [0.05, 0.1) is 22.2 Å². The predicted octanol–water partition coefficient (Wildman–Crippen LogP) is 4.43. The normalized spacial score (nSPS) is 10.3. The number of rotatable bonds is 0. The molecule has 5 aromatic rings. The van der Waals surface area contributed by atoms with Crippen LogP contribution in [0.1, 0.15) is 0 Å². The average Bonchev–Trinajstić information content (AvgIpc) is 2.95. The molecule has 0 fully saturated rings. The minimum Gasteiger partial charge on any atom is -0.358 e. The van der Waals surface area contributed by atoms with Crippen molar-refractivity contribution in [1.29, 1.82) is 0 Å². The van der Waals surface area contributed by atoms with Crippen molar-refractivity contribution in [2.45, 2.75) is 0 Å². The number of imidazole rings is 1. The molecule has 0 saturated heterocycles. The van der Waals surface area contributed by atoms with E-state index in [9.17, 15) is 0 Å². The summed E-state index contributed by atoms with van der Waals surface area (Å²) in [7, 11) is 0. The molecule has 0 aliphatic carbocycles. The van der Waals surface area contributed by atoms with E-state index in [0.717, 1.165) is 33.0 Å². The van der Waals surface area contributed by atoms with Gasteiger partial charge in [-0.1, -0.05) is 17.5 Å². The largest absolute Gasteiger partial charge is 0.358 e. The Hall–Kier alpha value is -1.19. The zero-order valence-corrected chi connectivity index (χ0v) is 18.3. The number of para-hydroxylation sites is 2.